The molecule has 6 aromatic rings. The minimum atomic E-state index is -4.86. The predicted molar refractivity (Wildman–Crippen MR) is 190 cm³/mol. The Hall–Kier alpha value is -3.06. The van der Waals surface area contributed by atoms with E-state index < -0.39 is 67.8 Å². The Morgan fingerprint density at radius 3 is 0.981 bits per heavy atom. The van der Waals surface area contributed by atoms with Gasteiger partial charge in [0.2, 0.25) is 0 Å². The summed E-state index contributed by atoms with van der Waals surface area (Å²) in [7, 11) is 10.6. The Bertz CT molecular complexity index is 1940. The van der Waals surface area contributed by atoms with E-state index in [-0.39, 0.29) is 23.3 Å². The van der Waals surface area contributed by atoms with E-state index in [4.69, 9.17) is 17.0 Å². The van der Waals surface area contributed by atoms with Crippen molar-refractivity contribution in [2.75, 3.05) is 0 Å². The zero-order valence-electron chi connectivity index (χ0n) is 28.6. The van der Waals surface area contributed by atoms with Crippen LogP contribution in [0.5, 0.6) is 0 Å². The van der Waals surface area contributed by atoms with Gasteiger partial charge in [0, 0.05) is 9.52 Å². The molecule has 287 valence electrons. The number of halogens is 14. The van der Waals surface area contributed by atoms with Crippen LogP contribution in [0.2, 0.25) is 13.1 Å². The summed E-state index contributed by atoms with van der Waals surface area (Å²) < 4.78 is 156. The summed E-state index contributed by atoms with van der Waals surface area (Å²) in [5, 5.41) is 2.80. The molecule has 0 aromatic heterocycles. The summed E-state index contributed by atoms with van der Waals surface area (Å²) in [5.74, 6) is 0. The van der Waals surface area contributed by atoms with E-state index in [1.54, 1.807) is 36.4 Å². The molecular weight excluding hydrogens is 875 g/mol. The van der Waals surface area contributed by atoms with Crippen molar-refractivity contribution >= 4 is 48.1 Å². The fourth-order valence-electron chi connectivity index (χ4n) is 5.49. The molecule has 0 heterocycles. The van der Waals surface area contributed by atoms with Crippen molar-refractivity contribution < 1.29 is 73.5 Å². The maximum absolute atomic E-state index is 13.0. The van der Waals surface area contributed by atoms with E-state index in [1.165, 1.54) is 12.1 Å². The summed E-state index contributed by atoms with van der Waals surface area (Å²) in [6.45, 7) is 8.05. The number of alkyl halides is 12. The van der Waals surface area contributed by atoms with Gasteiger partial charge in [0.1, 0.15) is 0 Å². The van der Waals surface area contributed by atoms with Gasteiger partial charge in [0.05, 0.1) is 22.3 Å². The second kappa shape index (κ2) is 18.3. The van der Waals surface area contributed by atoms with E-state index in [0.717, 1.165) is 55.7 Å². The van der Waals surface area contributed by atoms with Crippen LogP contribution in [0.4, 0.5) is 52.7 Å². The van der Waals surface area contributed by atoms with Gasteiger partial charge in [-0.05, 0) is 47.5 Å². The molecule has 0 fully saturated rings. The van der Waals surface area contributed by atoms with Crippen LogP contribution in [0.1, 0.15) is 33.4 Å². The normalized spacial score (nSPS) is 11.9. The fraction of sp³-hybridized carbons (Fsp3) is 0.211. The summed E-state index contributed by atoms with van der Waals surface area (Å²) in [6.07, 6.45) is -19.4. The molecule has 0 amide bonds. The molecule has 0 N–H and O–H groups in total. The number of hydrogen-bond donors (Lipinski definition) is 0. The molecular formula is C38H29Cl2F12SiZr. The molecule has 0 aliphatic heterocycles. The average molecular weight is 904 g/mol. The van der Waals surface area contributed by atoms with Crippen LogP contribution >= 0.6 is 17.0 Å². The van der Waals surface area contributed by atoms with Crippen molar-refractivity contribution in [1.29, 1.82) is 0 Å². The van der Waals surface area contributed by atoms with Crippen molar-refractivity contribution in [3.05, 3.63) is 130 Å². The molecule has 0 atom stereocenters. The predicted octanol–water partition coefficient (Wildman–Crippen LogP) is 15.0. The standard InChI is InChI=1S/2C18H11F6.C2H7Si.2ClH.Zr/c2*1-10-5-11-3-2-4-15(16(11)6-10)12-7-13(17(19,20)21)9-14(8-12)18(22,23)24;1-3-2;;;/h2*2-9H,1H3;3H,1-2H3;2*1H;/q2*-1;;;;+4/p-2. The summed E-state index contributed by atoms with van der Waals surface area (Å²) in [6, 6.07) is 20.3. The third-order valence-electron chi connectivity index (χ3n) is 7.59. The van der Waals surface area contributed by atoms with E-state index >= 15 is 0 Å². The second-order valence-corrected chi connectivity index (χ2v) is 16.8. The Morgan fingerprint density at radius 1 is 0.481 bits per heavy atom. The van der Waals surface area contributed by atoms with Crippen molar-refractivity contribution in [1.82, 2.24) is 0 Å². The Balaban J connectivity index is 0.000000254. The number of hydrogen-bond acceptors (Lipinski definition) is 0. The summed E-state index contributed by atoms with van der Waals surface area (Å²) in [5.41, 5.74) is -2.99. The molecule has 0 aliphatic carbocycles. The molecule has 0 nitrogen and oxygen atoms in total. The van der Waals surface area contributed by atoms with Crippen molar-refractivity contribution in [2.24, 2.45) is 0 Å². The van der Waals surface area contributed by atoms with Crippen molar-refractivity contribution in [2.45, 2.75) is 51.6 Å². The topological polar surface area (TPSA) is 0 Å². The minimum absolute atomic E-state index is 0.103. The van der Waals surface area contributed by atoms with Crippen LogP contribution in [0.3, 0.4) is 0 Å². The van der Waals surface area contributed by atoms with E-state index in [9.17, 15) is 52.7 Å². The van der Waals surface area contributed by atoms with Gasteiger partial charge in [-0.3, -0.25) is 0 Å². The number of fused-ring (bicyclic) bond motifs is 2. The molecule has 6 aromatic carbocycles. The van der Waals surface area contributed by atoms with Crippen LogP contribution < -0.4 is 0 Å². The molecule has 54 heavy (non-hydrogen) atoms. The van der Waals surface area contributed by atoms with Gasteiger partial charge >= 0.3 is 62.6 Å². The fourth-order valence-corrected chi connectivity index (χ4v) is 5.49. The molecule has 16 heteroatoms. The summed E-state index contributed by atoms with van der Waals surface area (Å²) >= 11 is -0.826. The SMILES string of the molecule is C[SiH]C.Cc1cc2c(-c3cc(C(F)(F)F)cc(C(F)(F)F)c3)cccc2[cH-]1.Cc1cc2c(-c3cc(C(F)(F)F)cc(C(F)(F)F)c3)cccc2[cH-]1.[Cl][Zr+2][Cl]. The first kappa shape index (κ1) is 45.3. The van der Waals surface area contributed by atoms with Crippen LogP contribution in [0.15, 0.2) is 97.1 Å². The van der Waals surface area contributed by atoms with Crippen LogP contribution in [-0.2, 0) is 45.6 Å². The van der Waals surface area contributed by atoms with E-state index in [2.05, 4.69) is 13.1 Å². The van der Waals surface area contributed by atoms with Gasteiger partial charge in [-0.15, -0.1) is 69.1 Å². The second-order valence-electron chi connectivity index (χ2n) is 11.9. The van der Waals surface area contributed by atoms with Gasteiger partial charge in [-0.25, -0.2) is 0 Å². The molecule has 6 rings (SSSR count). The number of rotatable bonds is 2. The molecule has 0 aliphatic rings. The molecule has 0 saturated carbocycles. The van der Waals surface area contributed by atoms with Gasteiger partial charge in [0.25, 0.3) is 0 Å². The Labute approximate surface area is 324 Å². The number of aryl methyl sites for hydroxylation is 2. The van der Waals surface area contributed by atoms with Crippen molar-refractivity contribution in [3.8, 4) is 22.3 Å². The Morgan fingerprint density at radius 2 is 0.741 bits per heavy atom. The maximum atomic E-state index is 13.0. The number of benzene rings is 4. The van der Waals surface area contributed by atoms with Gasteiger partial charge in [-0.1, -0.05) is 50.2 Å². The first-order valence-electron chi connectivity index (χ1n) is 15.6. The van der Waals surface area contributed by atoms with Crippen LogP contribution in [-0.4, -0.2) is 9.52 Å². The monoisotopic (exact) mass is 901 g/mol. The first-order chi connectivity index (χ1) is 24.9. The van der Waals surface area contributed by atoms with Crippen LogP contribution in [0.25, 0.3) is 43.8 Å². The molecule has 0 spiro atoms. The van der Waals surface area contributed by atoms with Gasteiger partial charge in [-0.2, -0.15) is 64.8 Å². The third-order valence-corrected chi connectivity index (χ3v) is 7.59. The molecule has 0 unspecified atom stereocenters. The van der Waals surface area contributed by atoms with Crippen molar-refractivity contribution in [3.63, 3.8) is 0 Å². The third kappa shape index (κ3) is 12.0. The first-order valence-corrected chi connectivity index (χ1v) is 24.2. The summed E-state index contributed by atoms with van der Waals surface area (Å²) in [4.78, 5) is 0. The zero-order valence-corrected chi connectivity index (χ0v) is 33.7. The van der Waals surface area contributed by atoms with Crippen LogP contribution in [0, 0.1) is 13.8 Å². The average Bonchev–Trinajstić information content (AvgIpc) is 3.64. The Kier molecular flexibility index (Phi) is 15.3. The molecule has 0 saturated heterocycles. The zero-order chi connectivity index (χ0) is 40.8. The quantitative estimate of drug-likeness (QED) is 0.0923. The van der Waals surface area contributed by atoms with E-state index in [1.807, 2.05) is 26.0 Å². The van der Waals surface area contributed by atoms with Gasteiger partial charge < -0.3 is 0 Å². The van der Waals surface area contributed by atoms with Gasteiger partial charge in [0.15, 0.2) is 0 Å². The molecule has 0 bridgehead atoms. The van der Waals surface area contributed by atoms with E-state index in [0.29, 0.717) is 21.9 Å². The molecule has 1 radical (unpaired) electrons.